The van der Waals surface area contributed by atoms with Gasteiger partial charge >= 0.3 is 0 Å². The van der Waals surface area contributed by atoms with E-state index in [1.165, 1.54) is 0 Å². The Balaban J connectivity index is 2.17. The quantitative estimate of drug-likeness (QED) is 0.667. The van der Waals surface area contributed by atoms with Crippen LogP contribution in [0.15, 0.2) is 30.3 Å². The maximum absolute atomic E-state index is 11.5. The van der Waals surface area contributed by atoms with E-state index >= 15 is 0 Å². The maximum atomic E-state index is 11.5. The molecule has 0 heterocycles. The second kappa shape index (κ2) is 9.09. The zero-order chi connectivity index (χ0) is 14.8. The largest absolute Gasteiger partial charge is 0.388 e. The van der Waals surface area contributed by atoms with E-state index in [0.717, 1.165) is 5.56 Å². The van der Waals surface area contributed by atoms with E-state index < -0.39 is 6.10 Å². The summed E-state index contributed by atoms with van der Waals surface area (Å²) in [6.45, 7) is 2.80. The third kappa shape index (κ3) is 6.33. The van der Waals surface area contributed by atoms with E-state index in [0.29, 0.717) is 19.5 Å². The zero-order valence-corrected chi connectivity index (χ0v) is 11.8. The van der Waals surface area contributed by atoms with Crippen molar-refractivity contribution < 1.29 is 14.7 Å². The van der Waals surface area contributed by atoms with Crippen LogP contribution in [0.5, 0.6) is 0 Å². The Morgan fingerprint density at radius 1 is 1.10 bits per heavy atom. The molecular weight excluding hydrogens is 256 g/mol. The average molecular weight is 278 g/mol. The highest BCUT2D eigenvalue weighted by Crippen LogP contribution is 2.14. The predicted molar refractivity (Wildman–Crippen MR) is 76.9 cm³/mol. The fourth-order valence-electron chi connectivity index (χ4n) is 1.79. The molecule has 0 saturated heterocycles. The Kier molecular flexibility index (Phi) is 7.35. The summed E-state index contributed by atoms with van der Waals surface area (Å²) in [5.74, 6) is -0.288. The molecular formula is C15H22N2O3. The Morgan fingerprint density at radius 3 is 2.30 bits per heavy atom. The van der Waals surface area contributed by atoms with Gasteiger partial charge in [-0.1, -0.05) is 30.3 Å². The Hall–Kier alpha value is -1.88. The number of hydrogen-bond donors (Lipinski definition) is 3. The summed E-state index contributed by atoms with van der Waals surface area (Å²) in [6.07, 6.45) is 0.241. The molecule has 5 nitrogen and oxygen atoms in total. The number of aliphatic hydroxyl groups is 1. The number of benzene rings is 1. The van der Waals surface area contributed by atoms with Gasteiger partial charge in [-0.25, -0.2) is 0 Å². The van der Waals surface area contributed by atoms with Crippen molar-refractivity contribution in [3.8, 4) is 0 Å². The molecule has 0 saturated carbocycles. The molecule has 1 aromatic rings. The second-order valence-corrected chi connectivity index (χ2v) is 4.52. The first-order valence-corrected chi connectivity index (χ1v) is 6.90. The molecule has 0 aliphatic heterocycles. The van der Waals surface area contributed by atoms with Crippen molar-refractivity contribution in [2.45, 2.75) is 32.3 Å². The van der Waals surface area contributed by atoms with Gasteiger partial charge in [0.1, 0.15) is 0 Å². The molecule has 0 fully saturated rings. The second-order valence-electron chi connectivity index (χ2n) is 4.52. The van der Waals surface area contributed by atoms with Gasteiger partial charge in [-0.2, -0.15) is 0 Å². The SMILES string of the molecule is CCNC(=O)CCC(=O)NCCC(O)c1ccccc1. The van der Waals surface area contributed by atoms with Crippen LogP contribution in [0.2, 0.25) is 0 Å². The molecule has 0 bridgehead atoms. The first-order chi connectivity index (χ1) is 9.63. The molecule has 0 aliphatic carbocycles. The molecule has 1 rings (SSSR count). The monoisotopic (exact) mass is 278 g/mol. The third-order valence-corrected chi connectivity index (χ3v) is 2.88. The Morgan fingerprint density at radius 2 is 1.70 bits per heavy atom. The van der Waals surface area contributed by atoms with Gasteiger partial charge in [-0.3, -0.25) is 9.59 Å². The maximum Gasteiger partial charge on any atom is 0.220 e. The van der Waals surface area contributed by atoms with Crippen molar-refractivity contribution in [3.05, 3.63) is 35.9 Å². The molecule has 1 unspecified atom stereocenters. The van der Waals surface area contributed by atoms with Crippen molar-refractivity contribution >= 4 is 11.8 Å². The molecule has 5 heteroatoms. The number of nitrogens with one attached hydrogen (secondary N) is 2. The van der Waals surface area contributed by atoms with Gasteiger partial charge in [0.05, 0.1) is 6.10 Å². The van der Waals surface area contributed by atoms with Crippen LogP contribution >= 0.6 is 0 Å². The summed E-state index contributed by atoms with van der Waals surface area (Å²) >= 11 is 0. The smallest absolute Gasteiger partial charge is 0.220 e. The van der Waals surface area contributed by atoms with Crippen LogP contribution in [-0.4, -0.2) is 30.0 Å². The van der Waals surface area contributed by atoms with E-state index in [9.17, 15) is 14.7 Å². The standard InChI is InChI=1S/C15H22N2O3/c1-2-16-14(19)8-9-15(20)17-11-10-13(18)12-6-4-3-5-7-12/h3-7,13,18H,2,8-11H2,1H3,(H,16,19)(H,17,20). The van der Waals surface area contributed by atoms with Crippen LogP contribution < -0.4 is 10.6 Å². The van der Waals surface area contributed by atoms with Gasteiger partial charge in [-0.05, 0) is 18.9 Å². The fourth-order valence-corrected chi connectivity index (χ4v) is 1.79. The summed E-state index contributed by atoms with van der Waals surface area (Å²) in [5, 5.41) is 15.2. The molecule has 0 aromatic heterocycles. The lowest BCUT2D eigenvalue weighted by Crippen LogP contribution is -2.28. The number of amides is 2. The van der Waals surface area contributed by atoms with Crippen LogP contribution in [0.1, 0.15) is 37.9 Å². The zero-order valence-electron chi connectivity index (χ0n) is 11.8. The predicted octanol–water partition coefficient (Wildman–Crippen LogP) is 1.14. The van der Waals surface area contributed by atoms with Crippen LogP contribution in [0.4, 0.5) is 0 Å². The Labute approximate surface area is 119 Å². The van der Waals surface area contributed by atoms with Crippen LogP contribution in [0, 0.1) is 0 Å². The lowest BCUT2D eigenvalue weighted by atomic mass is 10.1. The average Bonchev–Trinajstić information content (AvgIpc) is 2.46. The number of rotatable bonds is 8. The summed E-state index contributed by atoms with van der Waals surface area (Å²) in [5.41, 5.74) is 0.837. The lowest BCUT2D eigenvalue weighted by molar-refractivity contribution is -0.126. The van der Waals surface area contributed by atoms with Crippen LogP contribution in [-0.2, 0) is 9.59 Å². The van der Waals surface area contributed by atoms with Crippen molar-refractivity contribution in [2.24, 2.45) is 0 Å². The number of carbonyl (C=O) groups excluding carboxylic acids is 2. The topological polar surface area (TPSA) is 78.4 Å². The summed E-state index contributed by atoms with van der Waals surface area (Å²) in [7, 11) is 0. The van der Waals surface area contributed by atoms with Crippen molar-refractivity contribution in [3.63, 3.8) is 0 Å². The highest BCUT2D eigenvalue weighted by atomic mass is 16.3. The molecule has 20 heavy (non-hydrogen) atoms. The highest BCUT2D eigenvalue weighted by molar-refractivity contribution is 5.83. The van der Waals surface area contributed by atoms with Gasteiger partial charge < -0.3 is 15.7 Å². The van der Waals surface area contributed by atoms with E-state index in [4.69, 9.17) is 0 Å². The van der Waals surface area contributed by atoms with E-state index in [1.54, 1.807) is 0 Å². The van der Waals surface area contributed by atoms with E-state index in [-0.39, 0.29) is 24.7 Å². The molecule has 1 atom stereocenters. The molecule has 1 aromatic carbocycles. The number of aliphatic hydroxyl groups excluding tert-OH is 1. The van der Waals surface area contributed by atoms with Crippen molar-refractivity contribution in [1.82, 2.24) is 10.6 Å². The van der Waals surface area contributed by atoms with Gasteiger partial charge in [-0.15, -0.1) is 0 Å². The minimum absolute atomic E-state index is 0.119. The molecule has 3 N–H and O–H groups in total. The first kappa shape index (κ1) is 16.2. The lowest BCUT2D eigenvalue weighted by Gasteiger charge is -2.11. The van der Waals surface area contributed by atoms with Crippen molar-refractivity contribution in [2.75, 3.05) is 13.1 Å². The molecule has 0 spiro atoms. The summed E-state index contributed by atoms with van der Waals surface area (Å²) in [4.78, 5) is 22.7. The first-order valence-electron chi connectivity index (χ1n) is 6.90. The molecule has 0 aliphatic rings. The van der Waals surface area contributed by atoms with Crippen LogP contribution in [0.25, 0.3) is 0 Å². The fraction of sp³-hybridized carbons (Fsp3) is 0.467. The minimum Gasteiger partial charge on any atom is -0.388 e. The van der Waals surface area contributed by atoms with Gasteiger partial charge in [0.2, 0.25) is 11.8 Å². The Bertz CT molecular complexity index is 420. The van der Waals surface area contributed by atoms with E-state index in [2.05, 4.69) is 10.6 Å². The summed E-state index contributed by atoms with van der Waals surface area (Å²) < 4.78 is 0. The van der Waals surface area contributed by atoms with Gasteiger partial charge in [0.25, 0.3) is 0 Å². The highest BCUT2D eigenvalue weighted by Gasteiger charge is 2.09. The molecule has 2 amide bonds. The summed E-state index contributed by atoms with van der Waals surface area (Å²) in [6, 6.07) is 9.31. The third-order valence-electron chi connectivity index (χ3n) is 2.88. The van der Waals surface area contributed by atoms with E-state index in [1.807, 2.05) is 37.3 Å². The normalized spacial score (nSPS) is 11.7. The van der Waals surface area contributed by atoms with Crippen molar-refractivity contribution in [1.29, 1.82) is 0 Å². The molecule has 110 valence electrons. The van der Waals surface area contributed by atoms with Crippen LogP contribution in [0.3, 0.4) is 0 Å². The van der Waals surface area contributed by atoms with Gasteiger partial charge in [0.15, 0.2) is 0 Å². The van der Waals surface area contributed by atoms with Gasteiger partial charge in [0, 0.05) is 25.9 Å². The molecule has 0 radical (unpaired) electrons. The number of carbonyl (C=O) groups is 2. The minimum atomic E-state index is -0.583. The number of hydrogen-bond acceptors (Lipinski definition) is 3.